The summed E-state index contributed by atoms with van der Waals surface area (Å²) in [5.41, 5.74) is 6.16. The summed E-state index contributed by atoms with van der Waals surface area (Å²) in [4.78, 5) is 7.69. The average molecular weight is 410 g/mol. The molecular weight excluding hydrogens is 370 g/mol. The van der Waals surface area contributed by atoms with Crippen LogP contribution in [0.4, 0.5) is 0 Å². The number of piperazine rings is 1. The molecule has 164 valence electrons. The van der Waals surface area contributed by atoms with E-state index in [4.69, 9.17) is 9.73 Å². The summed E-state index contributed by atoms with van der Waals surface area (Å²) in [6.45, 7) is 11.8. The second-order valence-corrected chi connectivity index (χ2v) is 8.67. The second-order valence-electron chi connectivity index (χ2n) is 8.67. The largest absolute Gasteiger partial charge is 0.494 e. The number of allylic oxidation sites excluding steroid dienone is 4. The van der Waals surface area contributed by atoms with Crippen molar-refractivity contribution in [3.8, 4) is 5.75 Å². The molecule has 2 aliphatic heterocycles. The molecule has 0 saturated carbocycles. The van der Waals surface area contributed by atoms with E-state index in [0.29, 0.717) is 18.6 Å². The van der Waals surface area contributed by atoms with E-state index in [-0.39, 0.29) is 2.85 Å². The third-order valence-corrected chi connectivity index (χ3v) is 6.24. The number of unbranched alkanes of at least 4 members (excludes halogenated alkanes) is 1. The van der Waals surface area contributed by atoms with Crippen LogP contribution in [0.5, 0.6) is 5.75 Å². The molecule has 1 aliphatic carbocycles. The minimum atomic E-state index is 0. The number of aryl methyl sites for hydroxylation is 1. The van der Waals surface area contributed by atoms with Gasteiger partial charge in [-0.1, -0.05) is 24.3 Å². The van der Waals surface area contributed by atoms with Crippen molar-refractivity contribution in [2.75, 3.05) is 32.8 Å². The van der Waals surface area contributed by atoms with Gasteiger partial charge in [0.05, 0.1) is 12.3 Å². The van der Waals surface area contributed by atoms with E-state index in [2.05, 4.69) is 66.6 Å². The van der Waals surface area contributed by atoms with Gasteiger partial charge in [0.15, 0.2) is 0 Å². The van der Waals surface area contributed by atoms with Crippen molar-refractivity contribution in [2.24, 2.45) is 10.9 Å². The lowest BCUT2D eigenvalue weighted by atomic mass is 9.96. The number of ether oxygens (including phenoxy) is 1. The lowest BCUT2D eigenvalue weighted by molar-refractivity contribution is 0.204. The van der Waals surface area contributed by atoms with E-state index in [0.717, 1.165) is 18.7 Å². The lowest BCUT2D eigenvalue weighted by Gasteiger charge is -2.31. The van der Waals surface area contributed by atoms with Crippen LogP contribution in [0.1, 0.15) is 47.1 Å². The molecule has 1 N–H and O–H groups in total. The molecule has 2 atom stereocenters. The van der Waals surface area contributed by atoms with Gasteiger partial charge in [-0.25, -0.2) is 0 Å². The first-order valence-corrected chi connectivity index (χ1v) is 11.5. The molecule has 1 fully saturated rings. The van der Waals surface area contributed by atoms with Crippen molar-refractivity contribution in [2.45, 2.75) is 46.1 Å². The Hall–Kier alpha value is -2.17. The molecule has 0 amide bonds. The predicted molar refractivity (Wildman–Crippen MR) is 130 cm³/mol. The molecule has 1 unspecified atom stereocenters. The zero-order valence-corrected chi connectivity index (χ0v) is 18.7. The number of aliphatic imine (C=N–C) groups is 1. The molecule has 2 heterocycles. The zero-order valence-electron chi connectivity index (χ0n) is 18.7. The van der Waals surface area contributed by atoms with Gasteiger partial charge in [-0.2, -0.15) is 0 Å². The highest BCUT2D eigenvalue weighted by atomic mass is 16.5. The topological polar surface area (TPSA) is 36.9 Å². The van der Waals surface area contributed by atoms with Crippen LogP contribution in [0, 0.1) is 12.8 Å². The Balaban J connectivity index is 0.00000181. The van der Waals surface area contributed by atoms with Crippen molar-refractivity contribution >= 4 is 11.3 Å². The third-order valence-electron chi connectivity index (χ3n) is 6.24. The minimum absolute atomic E-state index is 0. The Morgan fingerprint density at radius 2 is 2.10 bits per heavy atom. The van der Waals surface area contributed by atoms with Crippen LogP contribution in [0.2, 0.25) is 0 Å². The summed E-state index contributed by atoms with van der Waals surface area (Å²) in [5.74, 6) is 1.24. The second kappa shape index (κ2) is 9.76. The minimum Gasteiger partial charge on any atom is -0.494 e. The normalized spacial score (nSPS) is 23.6. The highest BCUT2D eigenvalue weighted by Crippen LogP contribution is 2.38. The fraction of sp³-hybridized carbons (Fsp3) is 0.500. The summed E-state index contributed by atoms with van der Waals surface area (Å²) in [7, 11) is 0. The van der Waals surface area contributed by atoms with Crippen LogP contribution in [-0.2, 0) is 0 Å². The van der Waals surface area contributed by atoms with Crippen molar-refractivity contribution in [1.29, 1.82) is 0 Å². The van der Waals surface area contributed by atoms with E-state index in [1.807, 2.05) is 6.92 Å². The number of hydrogen-bond acceptors (Lipinski definition) is 4. The van der Waals surface area contributed by atoms with Gasteiger partial charge in [0.2, 0.25) is 0 Å². The van der Waals surface area contributed by atoms with Crippen molar-refractivity contribution in [1.82, 2.24) is 10.2 Å². The van der Waals surface area contributed by atoms with Gasteiger partial charge in [-0.05, 0) is 75.9 Å². The molecule has 0 radical (unpaired) electrons. The van der Waals surface area contributed by atoms with Gasteiger partial charge >= 0.3 is 0 Å². The SMILES string of the molecule is CCOc1ccc(C)c(C2=C3N=C(CCCCN4CCN[C@@H](C)C4)C=CC3C=C2)c1.[HH].[HH]. The summed E-state index contributed by atoms with van der Waals surface area (Å²) < 4.78 is 5.74. The van der Waals surface area contributed by atoms with E-state index in [9.17, 15) is 0 Å². The molecule has 4 rings (SSSR count). The Morgan fingerprint density at radius 1 is 1.23 bits per heavy atom. The Bertz CT molecular complexity index is 891. The number of dihydropyridines is 1. The standard InChI is InChI=1S/C26H35N3O.2H2/c1-4-30-23-12-8-19(2)25(17-23)24-13-10-21-9-11-22(28-26(21)24)7-5-6-15-29-16-14-27-20(3)18-29;;/h8-13,17,20-21,27H,4-7,14-16,18H2,1-3H3;2*1H/t20-,21?;;/m0../s1. The maximum absolute atomic E-state index is 5.74. The van der Waals surface area contributed by atoms with Crippen molar-refractivity contribution in [3.05, 3.63) is 59.3 Å². The predicted octanol–water partition coefficient (Wildman–Crippen LogP) is 5.26. The number of fused-ring (bicyclic) bond motifs is 1. The van der Waals surface area contributed by atoms with E-state index < -0.39 is 0 Å². The summed E-state index contributed by atoms with van der Waals surface area (Å²) in [5, 5.41) is 3.52. The molecule has 4 nitrogen and oxygen atoms in total. The highest BCUT2D eigenvalue weighted by molar-refractivity contribution is 5.99. The quantitative estimate of drug-likeness (QED) is 0.595. The Labute approximate surface area is 184 Å². The number of nitrogens with zero attached hydrogens (tertiary/aromatic N) is 2. The number of benzene rings is 1. The van der Waals surface area contributed by atoms with Crippen LogP contribution in [0.15, 0.2) is 53.2 Å². The van der Waals surface area contributed by atoms with Gasteiger partial charge in [0.25, 0.3) is 0 Å². The highest BCUT2D eigenvalue weighted by Gasteiger charge is 2.23. The Kier molecular flexibility index (Phi) is 6.86. The van der Waals surface area contributed by atoms with E-state index in [1.54, 1.807) is 0 Å². The number of rotatable bonds is 8. The maximum atomic E-state index is 5.74. The van der Waals surface area contributed by atoms with Crippen LogP contribution in [0.25, 0.3) is 5.57 Å². The first-order chi connectivity index (χ1) is 14.6. The van der Waals surface area contributed by atoms with Crippen molar-refractivity contribution < 1.29 is 7.59 Å². The van der Waals surface area contributed by atoms with Crippen molar-refractivity contribution in [3.63, 3.8) is 0 Å². The maximum Gasteiger partial charge on any atom is 0.119 e. The van der Waals surface area contributed by atoms with Crippen LogP contribution < -0.4 is 10.1 Å². The molecule has 30 heavy (non-hydrogen) atoms. The molecule has 1 saturated heterocycles. The van der Waals surface area contributed by atoms with Crippen LogP contribution in [-0.4, -0.2) is 49.4 Å². The average Bonchev–Trinajstić information content (AvgIpc) is 3.16. The van der Waals surface area contributed by atoms with E-state index >= 15 is 0 Å². The molecule has 1 aromatic carbocycles. The van der Waals surface area contributed by atoms with Gasteiger partial charge in [0, 0.05) is 45.7 Å². The van der Waals surface area contributed by atoms with Crippen LogP contribution >= 0.6 is 0 Å². The van der Waals surface area contributed by atoms with Crippen LogP contribution in [0.3, 0.4) is 0 Å². The summed E-state index contributed by atoms with van der Waals surface area (Å²) in [6.07, 6.45) is 12.5. The van der Waals surface area contributed by atoms with Gasteiger partial charge < -0.3 is 15.0 Å². The smallest absolute Gasteiger partial charge is 0.119 e. The molecule has 0 spiro atoms. The molecule has 1 aromatic rings. The third kappa shape index (κ3) is 4.93. The molecule has 0 aromatic heterocycles. The summed E-state index contributed by atoms with van der Waals surface area (Å²) >= 11 is 0. The molecule has 3 aliphatic rings. The lowest BCUT2D eigenvalue weighted by Crippen LogP contribution is -2.49. The zero-order chi connectivity index (χ0) is 20.9. The molecule has 4 heteroatoms. The Morgan fingerprint density at radius 3 is 2.93 bits per heavy atom. The fourth-order valence-corrected chi connectivity index (χ4v) is 4.62. The van der Waals surface area contributed by atoms with E-state index in [1.165, 1.54) is 60.6 Å². The number of hydrogen-bond donors (Lipinski definition) is 1. The first-order valence-electron chi connectivity index (χ1n) is 11.5. The first kappa shape index (κ1) is 21.1. The monoisotopic (exact) mass is 409 g/mol. The molecular formula is C26H39N3O. The van der Waals surface area contributed by atoms with Gasteiger partial charge in [0.1, 0.15) is 5.75 Å². The van der Waals surface area contributed by atoms with Gasteiger partial charge in [-0.15, -0.1) is 0 Å². The molecule has 0 bridgehead atoms. The number of nitrogens with one attached hydrogen (secondary N) is 1. The van der Waals surface area contributed by atoms with Gasteiger partial charge in [-0.3, -0.25) is 4.99 Å². The summed E-state index contributed by atoms with van der Waals surface area (Å²) in [6, 6.07) is 6.98. The fourth-order valence-electron chi connectivity index (χ4n) is 4.62.